The standard InChI is InChI=1S/C15H27F3O2/c1-14(2,3)11-9-7-5-4-6-8-10-12-20-13(19)15(16,17)18/h4-12H2,1-3H3. The van der Waals surface area contributed by atoms with E-state index in [-0.39, 0.29) is 6.61 Å². The lowest BCUT2D eigenvalue weighted by Crippen LogP contribution is -2.25. The lowest BCUT2D eigenvalue weighted by molar-refractivity contribution is -0.199. The van der Waals surface area contributed by atoms with Gasteiger partial charge in [-0.1, -0.05) is 59.3 Å². The van der Waals surface area contributed by atoms with Gasteiger partial charge in [0, 0.05) is 0 Å². The van der Waals surface area contributed by atoms with Crippen molar-refractivity contribution in [2.45, 2.75) is 78.3 Å². The maximum absolute atomic E-state index is 11.8. The molecule has 0 fully saturated rings. The molecule has 0 spiro atoms. The van der Waals surface area contributed by atoms with Crippen LogP contribution in [0.15, 0.2) is 0 Å². The summed E-state index contributed by atoms with van der Waals surface area (Å²) in [6.45, 7) is 6.56. The van der Waals surface area contributed by atoms with E-state index in [9.17, 15) is 18.0 Å². The molecule has 2 nitrogen and oxygen atoms in total. The lowest BCUT2D eigenvalue weighted by atomic mass is 9.89. The molecule has 0 rings (SSSR count). The zero-order chi connectivity index (χ0) is 15.6. The summed E-state index contributed by atoms with van der Waals surface area (Å²) in [5, 5.41) is 0. The molecule has 0 amide bonds. The summed E-state index contributed by atoms with van der Waals surface area (Å²) in [6, 6.07) is 0. The molecule has 0 atom stereocenters. The predicted molar refractivity (Wildman–Crippen MR) is 73.4 cm³/mol. The van der Waals surface area contributed by atoms with Gasteiger partial charge in [0.25, 0.3) is 0 Å². The van der Waals surface area contributed by atoms with Crippen LogP contribution in [0, 0.1) is 5.41 Å². The minimum atomic E-state index is -4.87. The van der Waals surface area contributed by atoms with Gasteiger partial charge in [-0.05, 0) is 18.3 Å². The van der Waals surface area contributed by atoms with Crippen molar-refractivity contribution in [2.75, 3.05) is 6.61 Å². The monoisotopic (exact) mass is 296 g/mol. The van der Waals surface area contributed by atoms with Crippen molar-refractivity contribution < 1.29 is 22.7 Å². The second-order valence-corrected chi connectivity index (χ2v) is 6.42. The number of hydrogen-bond acceptors (Lipinski definition) is 2. The summed E-state index contributed by atoms with van der Waals surface area (Å²) in [4.78, 5) is 10.4. The second-order valence-electron chi connectivity index (χ2n) is 6.42. The quantitative estimate of drug-likeness (QED) is 0.428. The van der Waals surface area contributed by atoms with Gasteiger partial charge in [-0.15, -0.1) is 0 Å². The van der Waals surface area contributed by atoms with Crippen LogP contribution >= 0.6 is 0 Å². The molecule has 120 valence electrons. The third kappa shape index (κ3) is 12.3. The zero-order valence-electron chi connectivity index (χ0n) is 12.8. The predicted octanol–water partition coefficient (Wildman–Crippen LogP) is 5.26. The molecule has 0 aliphatic rings. The summed E-state index contributed by atoms with van der Waals surface area (Å²) < 4.78 is 39.5. The fourth-order valence-corrected chi connectivity index (χ4v) is 1.89. The normalized spacial score (nSPS) is 12.5. The Morgan fingerprint density at radius 3 is 1.75 bits per heavy atom. The number of carbonyl (C=O) groups excluding carboxylic acids is 1. The van der Waals surface area contributed by atoms with Crippen LogP contribution < -0.4 is 0 Å². The molecular formula is C15H27F3O2. The van der Waals surface area contributed by atoms with Crippen molar-refractivity contribution in [1.82, 2.24) is 0 Å². The molecule has 0 N–H and O–H groups in total. The van der Waals surface area contributed by atoms with E-state index in [1.165, 1.54) is 25.7 Å². The highest BCUT2D eigenvalue weighted by atomic mass is 19.4. The molecule has 0 saturated carbocycles. The summed E-state index contributed by atoms with van der Waals surface area (Å²) in [7, 11) is 0. The van der Waals surface area contributed by atoms with E-state index < -0.39 is 12.1 Å². The number of ether oxygens (including phenoxy) is 1. The Hall–Kier alpha value is -0.740. The average molecular weight is 296 g/mol. The molecule has 20 heavy (non-hydrogen) atoms. The van der Waals surface area contributed by atoms with Gasteiger partial charge >= 0.3 is 12.1 Å². The highest BCUT2D eigenvalue weighted by Crippen LogP contribution is 2.22. The van der Waals surface area contributed by atoms with Crippen LogP contribution in [0.5, 0.6) is 0 Å². The highest BCUT2D eigenvalue weighted by Gasteiger charge is 2.40. The van der Waals surface area contributed by atoms with Crippen molar-refractivity contribution in [3.05, 3.63) is 0 Å². The number of esters is 1. The van der Waals surface area contributed by atoms with Gasteiger partial charge < -0.3 is 4.74 Å². The zero-order valence-corrected chi connectivity index (χ0v) is 12.8. The topological polar surface area (TPSA) is 26.3 Å². The number of carbonyl (C=O) groups is 1. The van der Waals surface area contributed by atoms with Gasteiger partial charge in [0.05, 0.1) is 6.61 Å². The van der Waals surface area contributed by atoms with Crippen molar-refractivity contribution in [3.63, 3.8) is 0 Å². The smallest absolute Gasteiger partial charge is 0.459 e. The Balaban J connectivity index is 3.28. The summed E-state index contributed by atoms with van der Waals surface area (Å²) in [5.41, 5.74) is 0.391. The number of unbranched alkanes of at least 4 members (excludes halogenated alkanes) is 6. The molecule has 0 heterocycles. The molecule has 0 aliphatic heterocycles. The van der Waals surface area contributed by atoms with Crippen molar-refractivity contribution in [1.29, 1.82) is 0 Å². The average Bonchev–Trinajstić information content (AvgIpc) is 2.28. The Labute approximate surface area is 120 Å². The van der Waals surface area contributed by atoms with E-state index in [2.05, 4.69) is 25.5 Å². The minimum Gasteiger partial charge on any atom is -0.459 e. The van der Waals surface area contributed by atoms with Gasteiger partial charge in [0.15, 0.2) is 0 Å². The van der Waals surface area contributed by atoms with Crippen molar-refractivity contribution in [2.24, 2.45) is 5.41 Å². The first kappa shape index (κ1) is 19.3. The van der Waals surface area contributed by atoms with Gasteiger partial charge in [-0.3, -0.25) is 0 Å². The molecule has 0 unspecified atom stereocenters. The number of hydrogen-bond donors (Lipinski definition) is 0. The number of rotatable bonds is 9. The maximum atomic E-state index is 11.8. The third-order valence-corrected chi connectivity index (χ3v) is 3.04. The van der Waals surface area contributed by atoms with Crippen LogP contribution in [0.1, 0.15) is 72.1 Å². The van der Waals surface area contributed by atoms with E-state index in [0.29, 0.717) is 11.8 Å². The third-order valence-electron chi connectivity index (χ3n) is 3.04. The van der Waals surface area contributed by atoms with E-state index in [0.717, 1.165) is 19.3 Å². The molecule has 0 aromatic carbocycles. The summed E-state index contributed by atoms with van der Waals surface area (Å²) >= 11 is 0. The van der Waals surface area contributed by atoms with Crippen LogP contribution in [0.2, 0.25) is 0 Å². The van der Waals surface area contributed by atoms with Crippen molar-refractivity contribution in [3.8, 4) is 0 Å². The van der Waals surface area contributed by atoms with E-state index in [1.54, 1.807) is 0 Å². The van der Waals surface area contributed by atoms with Crippen LogP contribution in [0.25, 0.3) is 0 Å². The molecule has 0 bridgehead atoms. The highest BCUT2D eigenvalue weighted by molar-refractivity contribution is 5.75. The van der Waals surface area contributed by atoms with Crippen LogP contribution in [0.3, 0.4) is 0 Å². The van der Waals surface area contributed by atoms with E-state index in [4.69, 9.17) is 0 Å². The van der Waals surface area contributed by atoms with E-state index >= 15 is 0 Å². The first-order valence-corrected chi connectivity index (χ1v) is 7.37. The summed E-state index contributed by atoms with van der Waals surface area (Å²) in [6.07, 6.45) is 3.35. The maximum Gasteiger partial charge on any atom is 0.490 e. The Bertz CT molecular complexity index is 267. The Morgan fingerprint density at radius 1 is 0.850 bits per heavy atom. The van der Waals surface area contributed by atoms with Crippen LogP contribution in [-0.4, -0.2) is 18.8 Å². The van der Waals surface area contributed by atoms with Gasteiger partial charge in [0.2, 0.25) is 0 Å². The molecule has 0 aromatic heterocycles. The second kappa shape index (κ2) is 9.24. The largest absolute Gasteiger partial charge is 0.490 e. The van der Waals surface area contributed by atoms with Gasteiger partial charge in [0.1, 0.15) is 0 Å². The van der Waals surface area contributed by atoms with Gasteiger partial charge in [-0.2, -0.15) is 13.2 Å². The minimum absolute atomic E-state index is 0.137. The van der Waals surface area contributed by atoms with Crippen molar-refractivity contribution >= 4 is 5.97 Å². The number of alkyl halides is 3. The van der Waals surface area contributed by atoms with Gasteiger partial charge in [-0.25, -0.2) is 4.79 Å². The molecular weight excluding hydrogens is 269 g/mol. The first-order valence-electron chi connectivity index (χ1n) is 7.37. The fourth-order valence-electron chi connectivity index (χ4n) is 1.89. The fraction of sp³-hybridized carbons (Fsp3) is 0.933. The molecule has 5 heteroatoms. The van der Waals surface area contributed by atoms with Crippen LogP contribution in [-0.2, 0) is 9.53 Å². The molecule has 0 aliphatic carbocycles. The lowest BCUT2D eigenvalue weighted by Gasteiger charge is -2.17. The molecule has 0 aromatic rings. The Morgan fingerprint density at radius 2 is 1.30 bits per heavy atom. The van der Waals surface area contributed by atoms with Crippen LogP contribution in [0.4, 0.5) is 13.2 Å². The molecule has 0 saturated heterocycles. The van der Waals surface area contributed by atoms with E-state index in [1.807, 2.05) is 0 Å². The SMILES string of the molecule is CC(C)(C)CCCCCCCCCOC(=O)C(F)(F)F. The first-order chi connectivity index (χ1) is 9.13. The summed E-state index contributed by atoms with van der Waals surface area (Å²) in [5.74, 6) is -2.08. The number of halogens is 3. The molecule has 0 radical (unpaired) electrons. The Kier molecular flexibility index (Phi) is 8.90.